The average Bonchev–Trinajstić information content (AvgIpc) is 2.83. The Bertz CT molecular complexity index is 868. The fourth-order valence-corrected chi connectivity index (χ4v) is 3.53. The Kier molecular flexibility index (Phi) is 16.9. The van der Waals surface area contributed by atoms with Gasteiger partial charge in [-0.3, -0.25) is 29.0 Å². The number of hydrogen-bond acceptors (Lipinski definition) is 9. The van der Waals surface area contributed by atoms with Gasteiger partial charge < -0.3 is 49.1 Å². The lowest BCUT2D eigenvalue weighted by molar-refractivity contribution is -0.143. The Morgan fingerprint density at radius 2 is 1.32 bits per heavy atom. The number of guanidine groups is 1. The number of rotatable bonds is 20. The van der Waals surface area contributed by atoms with E-state index in [2.05, 4.69) is 20.9 Å². The highest BCUT2D eigenvalue weighted by atomic mass is 32.2. The first-order chi connectivity index (χ1) is 17.8. The van der Waals surface area contributed by atoms with Gasteiger partial charge in [-0.1, -0.05) is 0 Å². The third-order valence-electron chi connectivity index (χ3n) is 5.12. The van der Waals surface area contributed by atoms with E-state index in [4.69, 9.17) is 28.0 Å². The van der Waals surface area contributed by atoms with Gasteiger partial charge in [-0.2, -0.15) is 11.8 Å². The normalized spacial score (nSPS) is 13.7. The van der Waals surface area contributed by atoms with E-state index in [0.29, 0.717) is 12.2 Å². The van der Waals surface area contributed by atoms with Crippen molar-refractivity contribution in [2.75, 3.05) is 18.6 Å². The number of carbonyl (C=O) groups is 6. The van der Waals surface area contributed by atoms with Crippen molar-refractivity contribution >= 4 is 53.3 Å². The van der Waals surface area contributed by atoms with E-state index < -0.39 is 72.6 Å². The smallest absolute Gasteiger partial charge is 0.326 e. The number of nitrogens with one attached hydrogen (secondary N) is 3. The number of thioether (sulfide) groups is 1. The van der Waals surface area contributed by atoms with Gasteiger partial charge in [0.25, 0.3) is 0 Å². The summed E-state index contributed by atoms with van der Waals surface area (Å²) < 4.78 is 0. The van der Waals surface area contributed by atoms with E-state index >= 15 is 0 Å². The lowest BCUT2D eigenvalue weighted by Crippen LogP contribution is -2.57. The van der Waals surface area contributed by atoms with Crippen LogP contribution >= 0.6 is 11.8 Å². The van der Waals surface area contributed by atoms with Gasteiger partial charge in [-0.15, -0.1) is 0 Å². The highest BCUT2D eigenvalue weighted by Gasteiger charge is 2.30. The number of nitrogens with two attached hydrogens (primary N) is 4. The maximum Gasteiger partial charge on any atom is 0.326 e. The fraction of sp³-hybridized carbons (Fsp3) is 0.667. The number of hydrogen-bond donors (Lipinski definition) is 9. The second kappa shape index (κ2) is 18.6. The molecule has 0 aromatic carbocycles. The molecule has 0 bridgehead atoms. The lowest BCUT2D eigenvalue weighted by atomic mass is 10.1. The second-order valence-electron chi connectivity index (χ2n) is 8.30. The minimum absolute atomic E-state index is 0.0942. The number of primary amides is 1. The van der Waals surface area contributed by atoms with Crippen LogP contribution in [0.1, 0.15) is 44.9 Å². The first-order valence-electron chi connectivity index (χ1n) is 11.7. The van der Waals surface area contributed by atoms with Gasteiger partial charge in [0.15, 0.2) is 5.96 Å². The van der Waals surface area contributed by atoms with Gasteiger partial charge in [0.1, 0.15) is 18.1 Å². The first kappa shape index (κ1) is 34.4. The predicted octanol–water partition coefficient (Wildman–Crippen LogP) is -3.21. The summed E-state index contributed by atoms with van der Waals surface area (Å²) in [7, 11) is 0. The van der Waals surface area contributed by atoms with Gasteiger partial charge in [0, 0.05) is 19.4 Å². The molecule has 216 valence electrons. The van der Waals surface area contributed by atoms with Crippen molar-refractivity contribution < 1.29 is 39.0 Å². The molecule has 0 heterocycles. The van der Waals surface area contributed by atoms with Crippen LogP contribution in [0.15, 0.2) is 4.99 Å². The van der Waals surface area contributed by atoms with Gasteiger partial charge in [0.05, 0.1) is 6.04 Å². The van der Waals surface area contributed by atoms with Crippen molar-refractivity contribution in [1.82, 2.24) is 16.0 Å². The lowest BCUT2D eigenvalue weighted by Gasteiger charge is -2.25. The molecule has 0 aliphatic rings. The van der Waals surface area contributed by atoms with Crippen molar-refractivity contribution in [3.05, 3.63) is 0 Å². The summed E-state index contributed by atoms with van der Waals surface area (Å²) in [5.74, 6) is -5.46. The van der Waals surface area contributed by atoms with Gasteiger partial charge >= 0.3 is 11.9 Å². The molecule has 0 radical (unpaired) electrons. The molecule has 17 heteroatoms. The molecule has 0 saturated heterocycles. The van der Waals surface area contributed by atoms with Crippen LogP contribution < -0.4 is 38.9 Å². The highest BCUT2D eigenvalue weighted by Crippen LogP contribution is 2.07. The van der Waals surface area contributed by atoms with E-state index in [0.717, 1.165) is 0 Å². The summed E-state index contributed by atoms with van der Waals surface area (Å²) in [5, 5.41) is 25.2. The van der Waals surface area contributed by atoms with Crippen LogP contribution in [-0.2, 0) is 28.8 Å². The summed E-state index contributed by atoms with van der Waals surface area (Å²) in [4.78, 5) is 75.7. The monoisotopic (exact) mass is 562 g/mol. The largest absolute Gasteiger partial charge is 0.481 e. The fourth-order valence-electron chi connectivity index (χ4n) is 3.06. The molecule has 4 atom stereocenters. The molecule has 0 aliphatic carbocycles. The standard InChI is InChI=1S/C21H38N8O8S/c1-38-10-8-13(27-17(33)11(22)3-2-9-26-21(24)25)19(35)28-12(4-6-15(23)30)18(34)29-14(20(36)37)5-7-16(31)32/h11-14H,2-10,22H2,1H3,(H2,23,30)(H,27,33)(H,28,35)(H,29,34)(H,31,32)(H,36,37)(H4,24,25,26). The second-order valence-corrected chi connectivity index (χ2v) is 9.28. The summed E-state index contributed by atoms with van der Waals surface area (Å²) in [6.45, 7) is 0.264. The molecule has 0 aliphatic heterocycles. The van der Waals surface area contributed by atoms with Crippen molar-refractivity contribution in [3.63, 3.8) is 0 Å². The van der Waals surface area contributed by atoms with E-state index in [9.17, 15) is 33.9 Å². The SMILES string of the molecule is CSCCC(NC(=O)C(N)CCCN=C(N)N)C(=O)NC(CCC(N)=O)C(=O)NC(CCC(=O)O)C(=O)O. The van der Waals surface area contributed by atoms with Crippen LogP contribution in [0.25, 0.3) is 0 Å². The number of carbonyl (C=O) groups excluding carboxylic acids is 4. The zero-order chi connectivity index (χ0) is 29.3. The number of carboxylic acids is 2. The number of carboxylic acid groups (broad SMARTS) is 2. The molecule has 4 amide bonds. The van der Waals surface area contributed by atoms with Gasteiger partial charge in [-0.05, 0) is 44.1 Å². The molecule has 4 unspecified atom stereocenters. The molecule has 0 rings (SSSR count). The maximum absolute atomic E-state index is 13.0. The molecule has 0 spiro atoms. The maximum atomic E-state index is 13.0. The number of amides is 4. The summed E-state index contributed by atoms with van der Waals surface area (Å²) in [5.41, 5.74) is 21.5. The third kappa shape index (κ3) is 15.5. The molecule has 0 fully saturated rings. The van der Waals surface area contributed by atoms with Gasteiger partial charge in [0.2, 0.25) is 23.6 Å². The molecule has 0 aromatic rings. The van der Waals surface area contributed by atoms with E-state index in [-0.39, 0.29) is 38.2 Å². The van der Waals surface area contributed by atoms with E-state index in [1.165, 1.54) is 11.8 Å². The Morgan fingerprint density at radius 1 is 0.789 bits per heavy atom. The van der Waals surface area contributed by atoms with Crippen LogP contribution in [0.2, 0.25) is 0 Å². The Morgan fingerprint density at radius 3 is 1.82 bits per heavy atom. The topological polar surface area (TPSA) is 295 Å². The quantitative estimate of drug-likeness (QED) is 0.0402. The predicted molar refractivity (Wildman–Crippen MR) is 140 cm³/mol. The highest BCUT2D eigenvalue weighted by molar-refractivity contribution is 7.98. The number of aliphatic imine (C=N–C) groups is 1. The van der Waals surface area contributed by atoms with Crippen LogP contribution in [0.3, 0.4) is 0 Å². The van der Waals surface area contributed by atoms with Crippen LogP contribution in [0.4, 0.5) is 0 Å². The molecule has 13 N–H and O–H groups in total. The zero-order valence-electron chi connectivity index (χ0n) is 21.2. The molecular weight excluding hydrogens is 524 g/mol. The van der Waals surface area contributed by atoms with E-state index in [1.54, 1.807) is 6.26 Å². The molecular formula is C21H38N8O8S. The van der Waals surface area contributed by atoms with E-state index in [1.807, 2.05) is 0 Å². The summed E-state index contributed by atoms with van der Waals surface area (Å²) >= 11 is 1.41. The van der Waals surface area contributed by atoms with Crippen molar-refractivity contribution in [2.45, 2.75) is 69.1 Å². The number of nitrogens with zero attached hydrogens (tertiary/aromatic N) is 1. The van der Waals surface area contributed by atoms with Crippen LogP contribution in [-0.4, -0.2) is 94.5 Å². The minimum Gasteiger partial charge on any atom is -0.481 e. The van der Waals surface area contributed by atoms with Crippen LogP contribution in [0.5, 0.6) is 0 Å². The zero-order valence-corrected chi connectivity index (χ0v) is 22.0. The number of aliphatic carboxylic acids is 2. The van der Waals surface area contributed by atoms with Gasteiger partial charge in [-0.25, -0.2) is 4.79 Å². The Hall–Kier alpha value is -3.60. The van der Waals surface area contributed by atoms with Crippen molar-refractivity contribution in [1.29, 1.82) is 0 Å². The minimum atomic E-state index is -1.55. The third-order valence-corrected chi connectivity index (χ3v) is 5.77. The summed E-state index contributed by atoms with van der Waals surface area (Å²) in [6.07, 6.45) is 1.12. The molecule has 16 nitrogen and oxygen atoms in total. The van der Waals surface area contributed by atoms with Crippen molar-refractivity contribution in [3.8, 4) is 0 Å². The molecule has 0 aromatic heterocycles. The first-order valence-corrected chi connectivity index (χ1v) is 13.1. The van der Waals surface area contributed by atoms with Crippen LogP contribution in [0, 0.1) is 0 Å². The molecule has 0 saturated carbocycles. The average molecular weight is 563 g/mol. The summed E-state index contributed by atoms with van der Waals surface area (Å²) in [6, 6.07) is -4.99. The Labute approximate surface area is 224 Å². The Balaban J connectivity index is 5.47. The van der Waals surface area contributed by atoms with Crippen molar-refractivity contribution in [2.24, 2.45) is 27.9 Å². The molecule has 38 heavy (non-hydrogen) atoms.